The molecule has 0 saturated carbocycles. The van der Waals surface area contributed by atoms with Crippen LogP contribution in [0.3, 0.4) is 0 Å². The van der Waals surface area contributed by atoms with E-state index >= 15 is 0 Å². The van der Waals surface area contributed by atoms with Gasteiger partial charge in [-0.25, -0.2) is 9.97 Å². The van der Waals surface area contributed by atoms with Crippen molar-refractivity contribution in [3.05, 3.63) is 45.6 Å². The van der Waals surface area contributed by atoms with Crippen LogP contribution in [-0.4, -0.2) is 54.3 Å². The van der Waals surface area contributed by atoms with Gasteiger partial charge in [0.25, 0.3) is 5.91 Å². The Morgan fingerprint density at radius 2 is 2.17 bits per heavy atom. The van der Waals surface area contributed by atoms with Crippen LogP contribution in [-0.2, 0) is 17.6 Å². The molecule has 2 fully saturated rings. The number of amides is 1. The maximum Gasteiger partial charge on any atom is 0.263 e. The first-order valence-corrected chi connectivity index (χ1v) is 13.2. The third kappa shape index (κ3) is 3.86. The van der Waals surface area contributed by atoms with Gasteiger partial charge < -0.3 is 26.4 Å². The zero-order chi connectivity index (χ0) is 24.3. The third-order valence-corrected chi connectivity index (χ3v) is 9.08. The number of aryl methyl sites for hydroxylation is 3. The Labute approximate surface area is 209 Å². The lowest BCUT2D eigenvalue weighted by atomic mass is 9.83. The quantitative estimate of drug-likeness (QED) is 0.514. The van der Waals surface area contributed by atoms with Gasteiger partial charge in [-0.3, -0.25) is 4.79 Å². The zero-order valence-corrected chi connectivity index (χ0v) is 21.1. The molecule has 184 valence electrons. The van der Waals surface area contributed by atoms with Gasteiger partial charge in [0.05, 0.1) is 12.3 Å². The Morgan fingerprint density at radius 1 is 1.31 bits per heavy atom. The van der Waals surface area contributed by atoms with Crippen LogP contribution in [0.5, 0.6) is 0 Å². The SMILES string of the molecule is Cc1cc(C)c2c(N)c(C(=O)NC3CCc4nc(N5CC(N)C6(CCOC6)C5)ccc4C3)sc2n1. The van der Waals surface area contributed by atoms with E-state index in [9.17, 15) is 4.79 Å². The van der Waals surface area contributed by atoms with Gasteiger partial charge in [-0.15, -0.1) is 11.3 Å². The van der Waals surface area contributed by atoms with Gasteiger partial charge in [0, 0.05) is 54.0 Å². The number of hydrogen-bond donors (Lipinski definition) is 3. The number of nitrogen functional groups attached to an aromatic ring is 1. The second kappa shape index (κ2) is 8.43. The average Bonchev–Trinajstić information content (AvgIpc) is 3.52. The standard InChI is InChI=1S/C26H32N6O2S/c1-14-9-15(2)29-25-21(14)22(28)23(35-25)24(33)30-17-4-5-18-16(10-17)3-6-20(31-18)32-11-19(27)26(12-32)7-8-34-13-26/h3,6,9,17,19H,4-5,7-8,10-13,27-28H2,1-2H3,(H,30,33). The molecule has 3 aromatic rings. The van der Waals surface area contributed by atoms with Gasteiger partial charge in [0.15, 0.2) is 0 Å². The predicted molar refractivity (Wildman–Crippen MR) is 139 cm³/mol. The average molecular weight is 493 g/mol. The lowest BCUT2D eigenvalue weighted by Gasteiger charge is -2.27. The molecule has 1 amide bonds. The number of fused-ring (bicyclic) bond motifs is 2. The normalized spacial score (nSPS) is 26.0. The number of anilines is 2. The van der Waals surface area contributed by atoms with Crippen molar-refractivity contribution in [2.24, 2.45) is 11.1 Å². The van der Waals surface area contributed by atoms with Crippen LogP contribution in [0, 0.1) is 19.3 Å². The van der Waals surface area contributed by atoms with Crippen LogP contribution in [0.2, 0.25) is 0 Å². The minimum atomic E-state index is -0.115. The molecule has 8 nitrogen and oxygen atoms in total. The summed E-state index contributed by atoms with van der Waals surface area (Å²) in [7, 11) is 0. The first-order chi connectivity index (χ1) is 16.8. The van der Waals surface area contributed by atoms with Gasteiger partial charge in [-0.1, -0.05) is 6.07 Å². The first kappa shape index (κ1) is 22.7. The van der Waals surface area contributed by atoms with Gasteiger partial charge in [0.2, 0.25) is 0 Å². The molecule has 3 aromatic heterocycles. The van der Waals surface area contributed by atoms with E-state index in [1.807, 2.05) is 19.9 Å². The summed E-state index contributed by atoms with van der Waals surface area (Å²) in [4.78, 5) is 26.4. The summed E-state index contributed by atoms with van der Waals surface area (Å²) in [6.07, 6.45) is 3.49. The van der Waals surface area contributed by atoms with E-state index in [2.05, 4.69) is 27.3 Å². The van der Waals surface area contributed by atoms with Crippen molar-refractivity contribution in [2.45, 2.75) is 51.6 Å². The molecule has 0 aromatic carbocycles. The number of ether oxygens (including phenoxy) is 1. The monoisotopic (exact) mass is 492 g/mol. The molecule has 3 atom stereocenters. The van der Waals surface area contributed by atoms with Crippen molar-refractivity contribution >= 4 is 39.0 Å². The summed E-state index contributed by atoms with van der Waals surface area (Å²) in [5.41, 5.74) is 17.8. The molecule has 3 aliphatic rings. The lowest BCUT2D eigenvalue weighted by Crippen LogP contribution is -2.40. The number of nitrogens with one attached hydrogen (secondary N) is 1. The van der Waals surface area contributed by atoms with Crippen molar-refractivity contribution in [1.82, 2.24) is 15.3 Å². The van der Waals surface area contributed by atoms with Crippen LogP contribution in [0.1, 0.15) is 45.0 Å². The second-order valence-corrected chi connectivity index (χ2v) is 11.4. The largest absolute Gasteiger partial charge is 0.397 e. The Morgan fingerprint density at radius 3 is 2.97 bits per heavy atom. The number of carbonyl (C=O) groups excluding carboxylic acids is 1. The number of hydrogen-bond acceptors (Lipinski definition) is 8. The summed E-state index contributed by atoms with van der Waals surface area (Å²) in [5, 5.41) is 4.11. The molecule has 2 saturated heterocycles. The van der Waals surface area contributed by atoms with Crippen LogP contribution >= 0.6 is 11.3 Å². The molecule has 1 spiro atoms. The highest BCUT2D eigenvalue weighted by Crippen LogP contribution is 2.39. The summed E-state index contributed by atoms with van der Waals surface area (Å²) < 4.78 is 5.67. The van der Waals surface area contributed by atoms with Crippen molar-refractivity contribution in [1.29, 1.82) is 0 Å². The van der Waals surface area contributed by atoms with Gasteiger partial charge in [-0.05, 0) is 62.8 Å². The van der Waals surface area contributed by atoms with Crippen LogP contribution in [0.15, 0.2) is 18.2 Å². The third-order valence-electron chi connectivity index (χ3n) is 7.98. The lowest BCUT2D eigenvalue weighted by molar-refractivity contribution is 0.0938. The molecule has 6 rings (SSSR count). The predicted octanol–water partition coefficient (Wildman–Crippen LogP) is 2.73. The van der Waals surface area contributed by atoms with E-state index < -0.39 is 0 Å². The smallest absolute Gasteiger partial charge is 0.263 e. The van der Waals surface area contributed by atoms with Crippen LogP contribution < -0.4 is 21.7 Å². The van der Waals surface area contributed by atoms with Gasteiger partial charge in [0.1, 0.15) is 15.5 Å². The molecule has 2 aliphatic heterocycles. The highest BCUT2D eigenvalue weighted by Gasteiger charge is 2.47. The summed E-state index contributed by atoms with van der Waals surface area (Å²) in [5.74, 6) is 0.886. The molecule has 1 aliphatic carbocycles. The number of aromatic nitrogens is 2. The highest BCUT2D eigenvalue weighted by molar-refractivity contribution is 7.21. The van der Waals surface area contributed by atoms with E-state index in [4.69, 9.17) is 21.2 Å². The molecule has 5 heterocycles. The van der Waals surface area contributed by atoms with Crippen molar-refractivity contribution < 1.29 is 9.53 Å². The Kier molecular flexibility index (Phi) is 5.47. The minimum absolute atomic E-state index is 0.0576. The van der Waals surface area contributed by atoms with Crippen molar-refractivity contribution in [3.63, 3.8) is 0 Å². The number of rotatable bonds is 3. The Bertz CT molecular complexity index is 1310. The van der Waals surface area contributed by atoms with Crippen LogP contribution in [0.4, 0.5) is 11.5 Å². The fourth-order valence-corrected chi connectivity index (χ4v) is 7.11. The molecule has 3 unspecified atom stereocenters. The van der Waals surface area contributed by atoms with Crippen LogP contribution in [0.25, 0.3) is 10.2 Å². The highest BCUT2D eigenvalue weighted by atomic mass is 32.1. The van der Waals surface area contributed by atoms with E-state index in [0.717, 1.165) is 85.0 Å². The van der Waals surface area contributed by atoms with E-state index in [1.54, 1.807) is 0 Å². The molecule has 9 heteroatoms. The molecule has 0 bridgehead atoms. The number of carbonyl (C=O) groups is 1. The summed E-state index contributed by atoms with van der Waals surface area (Å²) in [6, 6.07) is 6.45. The molecular weight excluding hydrogens is 460 g/mol. The number of thiophene rings is 1. The maximum atomic E-state index is 13.1. The number of pyridine rings is 2. The zero-order valence-electron chi connectivity index (χ0n) is 20.3. The Hall–Kier alpha value is -2.75. The van der Waals surface area contributed by atoms with Gasteiger partial charge in [-0.2, -0.15) is 0 Å². The maximum absolute atomic E-state index is 13.1. The number of nitrogens with zero attached hydrogens (tertiary/aromatic N) is 3. The molecule has 35 heavy (non-hydrogen) atoms. The fraction of sp³-hybridized carbons (Fsp3) is 0.500. The summed E-state index contributed by atoms with van der Waals surface area (Å²) >= 11 is 1.37. The first-order valence-electron chi connectivity index (χ1n) is 12.4. The molecule has 5 N–H and O–H groups in total. The van der Waals surface area contributed by atoms with E-state index in [1.165, 1.54) is 16.9 Å². The fourth-order valence-electron chi connectivity index (χ4n) is 6.00. The molecule has 0 radical (unpaired) electrons. The molecular formula is C26H32N6O2S. The second-order valence-electron chi connectivity index (χ2n) is 10.4. The minimum Gasteiger partial charge on any atom is -0.397 e. The van der Waals surface area contributed by atoms with Gasteiger partial charge >= 0.3 is 0 Å². The number of nitrogens with two attached hydrogens (primary N) is 2. The van der Waals surface area contributed by atoms with E-state index in [-0.39, 0.29) is 23.4 Å². The van der Waals surface area contributed by atoms with E-state index in [0.29, 0.717) is 10.6 Å². The topological polar surface area (TPSA) is 119 Å². The van der Waals surface area contributed by atoms with Crippen molar-refractivity contribution in [3.8, 4) is 0 Å². The Balaban J connectivity index is 1.16. The summed E-state index contributed by atoms with van der Waals surface area (Å²) in [6.45, 7) is 7.24. The van der Waals surface area contributed by atoms with Crippen molar-refractivity contribution in [2.75, 3.05) is 36.9 Å².